The molecule has 102 valence electrons. The average molecular weight is 286 g/mol. The first-order valence-electron chi connectivity index (χ1n) is 6.16. The predicted octanol–water partition coefficient (Wildman–Crippen LogP) is 1.97. The monoisotopic (exact) mass is 286 g/mol. The summed E-state index contributed by atoms with van der Waals surface area (Å²) in [6, 6.07) is 5.77. The molecule has 0 aliphatic rings. The summed E-state index contributed by atoms with van der Waals surface area (Å²) >= 11 is 1.53. The van der Waals surface area contributed by atoms with Crippen molar-refractivity contribution in [2.45, 2.75) is 6.54 Å². The number of rotatable bonds is 4. The molecule has 0 saturated carbocycles. The third kappa shape index (κ3) is 2.53. The molecule has 0 aliphatic carbocycles. The Morgan fingerprint density at radius 2 is 2.10 bits per heavy atom. The van der Waals surface area contributed by atoms with E-state index in [-0.39, 0.29) is 0 Å². The van der Waals surface area contributed by atoms with E-state index in [4.69, 9.17) is 0 Å². The van der Waals surface area contributed by atoms with Gasteiger partial charge in [0.1, 0.15) is 11.5 Å². The highest BCUT2D eigenvalue weighted by molar-refractivity contribution is 7.18. The van der Waals surface area contributed by atoms with Gasteiger partial charge in [0, 0.05) is 32.7 Å². The van der Waals surface area contributed by atoms with Crippen LogP contribution in [0.2, 0.25) is 0 Å². The second kappa shape index (κ2) is 5.38. The van der Waals surface area contributed by atoms with Crippen LogP contribution in [0.4, 0.5) is 5.13 Å². The third-order valence-corrected chi connectivity index (χ3v) is 3.98. The van der Waals surface area contributed by atoms with E-state index < -0.39 is 0 Å². The summed E-state index contributed by atoms with van der Waals surface area (Å²) in [7, 11) is 3.97. The van der Waals surface area contributed by atoms with Crippen molar-refractivity contribution in [2.75, 3.05) is 11.9 Å². The highest BCUT2D eigenvalue weighted by atomic mass is 32.1. The second-order valence-electron chi connectivity index (χ2n) is 4.42. The highest BCUT2D eigenvalue weighted by Crippen LogP contribution is 2.27. The zero-order valence-electron chi connectivity index (χ0n) is 11.3. The maximum Gasteiger partial charge on any atom is 0.208 e. The molecule has 0 aliphatic heterocycles. The number of pyridine rings is 1. The summed E-state index contributed by atoms with van der Waals surface area (Å²) < 4.78 is 2.00. The van der Waals surface area contributed by atoms with Gasteiger partial charge in [-0.1, -0.05) is 17.4 Å². The van der Waals surface area contributed by atoms with Crippen LogP contribution in [-0.2, 0) is 13.6 Å². The molecule has 0 spiro atoms. The number of aromatic nitrogens is 5. The van der Waals surface area contributed by atoms with Crippen molar-refractivity contribution in [3.63, 3.8) is 0 Å². The standard InChI is InChI=1S/C13H14N6S/c1-18-8-7-15-11(18)9-19(2)13-17-16-12(20-13)10-5-3-4-6-14-10/h3-8H,9H2,1-2H3. The summed E-state index contributed by atoms with van der Waals surface area (Å²) in [5.41, 5.74) is 0.849. The van der Waals surface area contributed by atoms with E-state index in [2.05, 4.69) is 20.2 Å². The van der Waals surface area contributed by atoms with Crippen LogP contribution < -0.4 is 4.90 Å². The number of aryl methyl sites for hydroxylation is 1. The van der Waals surface area contributed by atoms with Crippen LogP contribution in [0.25, 0.3) is 10.7 Å². The Morgan fingerprint density at radius 3 is 2.80 bits per heavy atom. The lowest BCUT2D eigenvalue weighted by atomic mass is 10.4. The third-order valence-electron chi connectivity index (χ3n) is 2.92. The fraction of sp³-hybridized carbons (Fsp3) is 0.231. The number of hydrogen-bond donors (Lipinski definition) is 0. The Hall–Kier alpha value is -2.28. The molecule has 0 aromatic carbocycles. The molecule has 0 fully saturated rings. The SMILES string of the molecule is CN(Cc1nccn1C)c1nnc(-c2ccccn2)s1. The number of nitrogens with zero attached hydrogens (tertiary/aromatic N) is 6. The van der Waals surface area contributed by atoms with Gasteiger partial charge in [0.25, 0.3) is 0 Å². The minimum atomic E-state index is 0.695. The molecule has 0 saturated heterocycles. The first-order valence-corrected chi connectivity index (χ1v) is 6.98. The lowest BCUT2D eigenvalue weighted by molar-refractivity contribution is 0.757. The number of hydrogen-bond acceptors (Lipinski definition) is 6. The summed E-state index contributed by atoms with van der Waals surface area (Å²) in [6.07, 6.45) is 5.49. The van der Waals surface area contributed by atoms with Crippen molar-refractivity contribution in [3.05, 3.63) is 42.6 Å². The molecule has 0 bridgehead atoms. The predicted molar refractivity (Wildman–Crippen MR) is 78.5 cm³/mol. The van der Waals surface area contributed by atoms with Gasteiger partial charge < -0.3 is 9.47 Å². The molecule has 0 atom stereocenters. The fourth-order valence-corrected chi connectivity index (χ4v) is 2.57. The van der Waals surface area contributed by atoms with Gasteiger partial charge in [0.05, 0.1) is 6.54 Å². The molecule has 0 N–H and O–H groups in total. The summed E-state index contributed by atoms with van der Waals surface area (Å²) in [4.78, 5) is 10.6. The van der Waals surface area contributed by atoms with Crippen molar-refractivity contribution in [2.24, 2.45) is 7.05 Å². The maximum atomic E-state index is 4.31. The highest BCUT2D eigenvalue weighted by Gasteiger charge is 2.12. The molecule has 3 rings (SSSR count). The van der Waals surface area contributed by atoms with Crippen LogP contribution in [0.15, 0.2) is 36.8 Å². The van der Waals surface area contributed by atoms with Crippen LogP contribution >= 0.6 is 11.3 Å². The second-order valence-corrected chi connectivity index (χ2v) is 5.37. The first kappa shape index (κ1) is 12.7. The van der Waals surface area contributed by atoms with Crippen molar-refractivity contribution < 1.29 is 0 Å². The van der Waals surface area contributed by atoms with Crippen molar-refractivity contribution in [3.8, 4) is 10.7 Å². The Morgan fingerprint density at radius 1 is 1.20 bits per heavy atom. The van der Waals surface area contributed by atoms with Gasteiger partial charge >= 0.3 is 0 Å². The van der Waals surface area contributed by atoms with Crippen LogP contribution in [0.1, 0.15) is 5.82 Å². The van der Waals surface area contributed by atoms with E-state index in [9.17, 15) is 0 Å². The Labute approximate surface area is 120 Å². The fourth-order valence-electron chi connectivity index (χ4n) is 1.79. The van der Waals surface area contributed by atoms with Gasteiger partial charge in [-0.25, -0.2) is 4.98 Å². The van der Waals surface area contributed by atoms with Crippen molar-refractivity contribution in [1.82, 2.24) is 24.7 Å². The minimum absolute atomic E-state index is 0.695. The molecule has 0 radical (unpaired) electrons. The molecule has 0 amide bonds. The Bertz CT molecular complexity index is 690. The molecule has 20 heavy (non-hydrogen) atoms. The Kier molecular flexibility index (Phi) is 3.42. The number of imidazole rings is 1. The summed E-state index contributed by atoms with van der Waals surface area (Å²) in [6.45, 7) is 0.695. The van der Waals surface area contributed by atoms with Gasteiger partial charge in [-0.3, -0.25) is 4.98 Å². The molecule has 3 aromatic rings. The Balaban J connectivity index is 1.78. The lowest BCUT2D eigenvalue weighted by Crippen LogP contribution is -2.18. The van der Waals surface area contributed by atoms with E-state index in [1.165, 1.54) is 11.3 Å². The minimum Gasteiger partial charge on any atom is -0.342 e. The van der Waals surface area contributed by atoms with Crippen LogP contribution in [0.5, 0.6) is 0 Å². The van der Waals surface area contributed by atoms with E-state index in [1.807, 2.05) is 48.0 Å². The van der Waals surface area contributed by atoms with Crippen molar-refractivity contribution in [1.29, 1.82) is 0 Å². The molecular formula is C13H14N6S. The van der Waals surface area contributed by atoms with Crippen LogP contribution in [0.3, 0.4) is 0 Å². The smallest absolute Gasteiger partial charge is 0.208 e. The maximum absolute atomic E-state index is 4.31. The van der Waals surface area contributed by atoms with E-state index in [1.54, 1.807) is 12.4 Å². The lowest BCUT2D eigenvalue weighted by Gasteiger charge is -2.14. The van der Waals surface area contributed by atoms with E-state index in [0.717, 1.165) is 21.7 Å². The average Bonchev–Trinajstić information content (AvgIpc) is 3.10. The molecule has 3 heterocycles. The first-order chi connectivity index (χ1) is 9.74. The summed E-state index contributed by atoms with van der Waals surface area (Å²) in [5, 5.41) is 10.1. The van der Waals surface area contributed by atoms with Gasteiger partial charge in [0.15, 0.2) is 5.01 Å². The quantitative estimate of drug-likeness (QED) is 0.734. The zero-order chi connectivity index (χ0) is 13.9. The van der Waals surface area contributed by atoms with E-state index in [0.29, 0.717) is 6.54 Å². The van der Waals surface area contributed by atoms with Crippen LogP contribution in [-0.4, -0.2) is 31.8 Å². The normalized spacial score (nSPS) is 10.7. The van der Waals surface area contributed by atoms with Gasteiger partial charge in [-0.2, -0.15) is 0 Å². The zero-order valence-corrected chi connectivity index (χ0v) is 12.1. The van der Waals surface area contributed by atoms with Crippen LogP contribution in [0, 0.1) is 0 Å². The molecule has 7 heteroatoms. The summed E-state index contributed by atoms with van der Waals surface area (Å²) in [5.74, 6) is 0.988. The van der Waals surface area contributed by atoms with Gasteiger partial charge in [0.2, 0.25) is 5.13 Å². The molecule has 0 unspecified atom stereocenters. The van der Waals surface area contributed by atoms with Gasteiger partial charge in [-0.05, 0) is 12.1 Å². The molecular weight excluding hydrogens is 272 g/mol. The largest absolute Gasteiger partial charge is 0.342 e. The molecule has 3 aromatic heterocycles. The van der Waals surface area contributed by atoms with E-state index >= 15 is 0 Å². The van der Waals surface area contributed by atoms with Gasteiger partial charge in [-0.15, -0.1) is 10.2 Å². The van der Waals surface area contributed by atoms with Crippen molar-refractivity contribution >= 4 is 16.5 Å². The number of anilines is 1. The molecule has 6 nitrogen and oxygen atoms in total. The topological polar surface area (TPSA) is 59.7 Å².